The average Bonchev–Trinajstić information content (AvgIpc) is 2.45. The molecule has 1 aromatic heterocycles. The Kier molecular flexibility index (Phi) is 2.48. The lowest BCUT2D eigenvalue weighted by Gasteiger charge is -2.31. The van der Waals surface area contributed by atoms with Crippen molar-refractivity contribution in [3.8, 4) is 0 Å². The molecule has 2 N–H and O–H groups in total. The molecule has 5 heteroatoms. The molecule has 1 aliphatic rings. The van der Waals surface area contributed by atoms with E-state index in [0.29, 0.717) is 18.4 Å². The van der Waals surface area contributed by atoms with Gasteiger partial charge in [0, 0.05) is 18.8 Å². The highest BCUT2D eigenvalue weighted by atomic mass is 16.3. The van der Waals surface area contributed by atoms with E-state index in [9.17, 15) is 4.79 Å². The minimum Gasteiger partial charge on any atom is -0.393 e. The van der Waals surface area contributed by atoms with E-state index < -0.39 is 0 Å². The number of aryl methyl sites for hydroxylation is 1. The van der Waals surface area contributed by atoms with Crippen molar-refractivity contribution in [1.82, 2.24) is 15.1 Å². The van der Waals surface area contributed by atoms with Crippen molar-refractivity contribution in [3.05, 3.63) is 17.5 Å². The van der Waals surface area contributed by atoms with Crippen molar-refractivity contribution < 1.29 is 9.90 Å². The third kappa shape index (κ3) is 1.87. The van der Waals surface area contributed by atoms with E-state index in [1.54, 1.807) is 17.9 Å². The molecule has 2 rings (SSSR count). The number of aromatic nitrogens is 2. The number of carbonyl (C=O) groups is 1. The van der Waals surface area contributed by atoms with Crippen LogP contribution in [0.4, 0.5) is 0 Å². The minimum absolute atomic E-state index is 0.0995. The zero-order chi connectivity index (χ0) is 11.0. The van der Waals surface area contributed by atoms with Gasteiger partial charge < -0.3 is 10.4 Å². The fraction of sp³-hybridized carbons (Fsp3) is 0.600. The van der Waals surface area contributed by atoms with E-state index in [1.165, 1.54) is 0 Å². The molecule has 0 spiro atoms. The zero-order valence-electron chi connectivity index (χ0n) is 8.90. The molecule has 0 aliphatic heterocycles. The fourth-order valence-electron chi connectivity index (χ4n) is 1.69. The quantitative estimate of drug-likeness (QED) is 0.719. The molecule has 15 heavy (non-hydrogen) atoms. The number of aliphatic hydroxyl groups excluding tert-OH is 1. The maximum absolute atomic E-state index is 11.7. The van der Waals surface area contributed by atoms with Crippen molar-refractivity contribution in [2.45, 2.75) is 31.9 Å². The van der Waals surface area contributed by atoms with Gasteiger partial charge in [-0.3, -0.25) is 9.48 Å². The summed E-state index contributed by atoms with van der Waals surface area (Å²) >= 11 is 0. The molecule has 0 radical (unpaired) electrons. The first-order valence-electron chi connectivity index (χ1n) is 5.05. The third-order valence-corrected chi connectivity index (χ3v) is 2.93. The molecule has 0 bridgehead atoms. The van der Waals surface area contributed by atoms with Gasteiger partial charge in [-0.25, -0.2) is 0 Å². The summed E-state index contributed by atoms with van der Waals surface area (Å²) < 4.78 is 1.67. The van der Waals surface area contributed by atoms with Crippen LogP contribution in [0.2, 0.25) is 0 Å². The molecule has 82 valence electrons. The highest BCUT2D eigenvalue weighted by Gasteiger charge is 2.29. The number of aliphatic hydroxyl groups is 1. The highest BCUT2D eigenvalue weighted by Crippen LogP contribution is 2.20. The Balaban J connectivity index is 1.99. The van der Waals surface area contributed by atoms with Gasteiger partial charge in [-0.2, -0.15) is 5.10 Å². The number of carbonyl (C=O) groups excluding carboxylic acids is 1. The van der Waals surface area contributed by atoms with Crippen LogP contribution in [-0.4, -0.2) is 32.9 Å². The lowest BCUT2D eigenvalue weighted by atomic mass is 9.89. The number of nitrogens with one attached hydrogen (secondary N) is 1. The van der Waals surface area contributed by atoms with Crippen LogP contribution in [0.5, 0.6) is 0 Å². The predicted octanol–water partition coefficient (Wildman–Crippen LogP) is -0.0184. The van der Waals surface area contributed by atoms with Gasteiger partial charge in [0.1, 0.15) is 0 Å². The Bertz CT molecular complexity index is 380. The summed E-state index contributed by atoms with van der Waals surface area (Å²) in [4.78, 5) is 11.7. The van der Waals surface area contributed by atoms with Crippen molar-refractivity contribution in [2.75, 3.05) is 0 Å². The van der Waals surface area contributed by atoms with E-state index in [1.807, 2.05) is 6.92 Å². The molecule has 0 atom stereocenters. The summed E-state index contributed by atoms with van der Waals surface area (Å²) in [6.07, 6.45) is 2.64. The van der Waals surface area contributed by atoms with E-state index in [4.69, 9.17) is 5.11 Å². The Morgan fingerprint density at radius 2 is 2.33 bits per heavy atom. The Morgan fingerprint density at radius 3 is 2.80 bits per heavy atom. The monoisotopic (exact) mass is 209 g/mol. The molecule has 1 amide bonds. The van der Waals surface area contributed by atoms with Crippen LogP contribution in [0.15, 0.2) is 6.20 Å². The molecule has 1 aromatic rings. The lowest BCUT2D eigenvalue weighted by Crippen LogP contribution is -2.46. The van der Waals surface area contributed by atoms with E-state index in [0.717, 1.165) is 5.69 Å². The van der Waals surface area contributed by atoms with E-state index in [-0.39, 0.29) is 18.1 Å². The van der Waals surface area contributed by atoms with Gasteiger partial charge in [0.15, 0.2) is 0 Å². The summed E-state index contributed by atoms with van der Waals surface area (Å²) in [5.41, 5.74) is 1.46. The van der Waals surface area contributed by atoms with Crippen LogP contribution in [0.3, 0.4) is 0 Å². The second-order valence-electron chi connectivity index (χ2n) is 4.06. The molecular formula is C10H15N3O2. The minimum atomic E-state index is -0.245. The molecule has 0 unspecified atom stereocenters. The van der Waals surface area contributed by atoms with Crippen molar-refractivity contribution in [1.29, 1.82) is 0 Å². The maximum Gasteiger partial charge on any atom is 0.254 e. The van der Waals surface area contributed by atoms with Crippen LogP contribution in [0, 0.1) is 6.92 Å². The topological polar surface area (TPSA) is 67.2 Å². The average molecular weight is 209 g/mol. The summed E-state index contributed by atoms with van der Waals surface area (Å²) in [5, 5.41) is 16.0. The predicted molar refractivity (Wildman–Crippen MR) is 54.4 cm³/mol. The molecular weight excluding hydrogens is 194 g/mol. The molecule has 0 saturated heterocycles. The first kappa shape index (κ1) is 10.2. The highest BCUT2D eigenvalue weighted by molar-refractivity contribution is 5.95. The molecule has 0 aromatic carbocycles. The zero-order valence-corrected chi connectivity index (χ0v) is 8.90. The number of hydrogen-bond donors (Lipinski definition) is 2. The van der Waals surface area contributed by atoms with Crippen LogP contribution in [0.25, 0.3) is 0 Å². The second-order valence-corrected chi connectivity index (χ2v) is 4.06. The maximum atomic E-state index is 11.7. The third-order valence-electron chi connectivity index (χ3n) is 2.93. The molecule has 1 fully saturated rings. The smallest absolute Gasteiger partial charge is 0.254 e. The van der Waals surface area contributed by atoms with Crippen LogP contribution >= 0.6 is 0 Å². The Hall–Kier alpha value is -1.36. The fourth-order valence-corrected chi connectivity index (χ4v) is 1.69. The van der Waals surface area contributed by atoms with Gasteiger partial charge in [0.2, 0.25) is 0 Å². The molecule has 1 saturated carbocycles. The van der Waals surface area contributed by atoms with E-state index >= 15 is 0 Å². The van der Waals surface area contributed by atoms with Gasteiger partial charge in [-0.05, 0) is 19.8 Å². The Morgan fingerprint density at radius 1 is 1.67 bits per heavy atom. The van der Waals surface area contributed by atoms with Crippen molar-refractivity contribution in [2.24, 2.45) is 7.05 Å². The summed E-state index contributed by atoms with van der Waals surface area (Å²) in [5.74, 6) is -0.0995. The number of amides is 1. The SMILES string of the molecule is Cc1c(C(=O)NC2CC(O)C2)cnn1C. The number of nitrogens with zero attached hydrogens (tertiary/aromatic N) is 2. The first-order valence-corrected chi connectivity index (χ1v) is 5.05. The number of hydrogen-bond acceptors (Lipinski definition) is 3. The van der Waals surface area contributed by atoms with Crippen molar-refractivity contribution >= 4 is 5.91 Å². The van der Waals surface area contributed by atoms with Gasteiger partial charge in [-0.15, -0.1) is 0 Å². The van der Waals surface area contributed by atoms with Gasteiger partial charge in [0.25, 0.3) is 5.91 Å². The van der Waals surface area contributed by atoms with Crippen LogP contribution in [0.1, 0.15) is 28.9 Å². The van der Waals surface area contributed by atoms with Gasteiger partial charge >= 0.3 is 0 Å². The molecule has 1 aliphatic carbocycles. The molecule has 1 heterocycles. The Labute approximate surface area is 88.1 Å². The van der Waals surface area contributed by atoms with Crippen LogP contribution < -0.4 is 5.32 Å². The van der Waals surface area contributed by atoms with E-state index in [2.05, 4.69) is 10.4 Å². The number of rotatable bonds is 2. The first-order chi connectivity index (χ1) is 7.08. The van der Waals surface area contributed by atoms with Crippen LogP contribution in [-0.2, 0) is 7.05 Å². The summed E-state index contributed by atoms with van der Waals surface area (Å²) in [7, 11) is 1.80. The van der Waals surface area contributed by atoms with Crippen molar-refractivity contribution in [3.63, 3.8) is 0 Å². The second kappa shape index (κ2) is 3.66. The largest absolute Gasteiger partial charge is 0.393 e. The standard InChI is InChI=1S/C10H15N3O2/c1-6-9(5-11-13(6)2)10(15)12-7-3-8(14)4-7/h5,7-8,14H,3-4H2,1-2H3,(H,12,15). The lowest BCUT2D eigenvalue weighted by molar-refractivity contribution is 0.0562. The van der Waals surface area contributed by atoms with Gasteiger partial charge in [0.05, 0.1) is 17.9 Å². The normalized spacial score (nSPS) is 24.7. The molecule has 5 nitrogen and oxygen atoms in total. The summed E-state index contributed by atoms with van der Waals surface area (Å²) in [6.45, 7) is 1.86. The van der Waals surface area contributed by atoms with Gasteiger partial charge in [-0.1, -0.05) is 0 Å². The summed E-state index contributed by atoms with van der Waals surface area (Å²) in [6, 6.07) is 0.118.